The number of likely N-dealkylation sites (tertiary alicyclic amines) is 1. The molecule has 2 aliphatic rings. The number of carboxylic acid groups (broad SMARTS) is 1. The first-order valence-corrected chi connectivity index (χ1v) is 10.8. The number of rotatable bonds is 4. The highest BCUT2D eigenvalue weighted by molar-refractivity contribution is 6.31. The second kappa shape index (κ2) is 9.06. The zero-order valence-electron chi connectivity index (χ0n) is 17.4. The highest BCUT2D eigenvalue weighted by atomic mass is 35.5. The summed E-state index contributed by atoms with van der Waals surface area (Å²) in [6.45, 7) is 2.31. The summed E-state index contributed by atoms with van der Waals surface area (Å²) in [6.07, 6.45) is 0.992. The Hall–Kier alpha value is -2.93. The van der Waals surface area contributed by atoms with Gasteiger partial charge in [0.05, 0.1) is 18.8 Å². The molecule has 2 aromatic rings. The van der Waals surface area contributed by atoms with Crippen LogP contribution in [0.4, 0.5) is 10.5 Å². The van der Waals surface area contributed by atoms with Gasteiger partial charge in [0, 0.05) is 31.2 Å². The number of urea groups is 1. The molecule has 0 aromatic heterocycles. The Kier molecular flexibility index (Phi) is 6.23. The van der Waals surface area contributed by atoms with Crippen molar-refractivity contribution in [1.82, 2.24) is 9.80 Å². The van der Waals surface area contributed by atoms with E-state index >= 15 is 0 Å². The number of aliphatic carboxylic acids is 1. The standard InChI is InChI=1S/C23H26ClN3O4/c1-31-21-9-5-4-8-19(21)25-12-14-26(15-13-25)23(30)27-18(10-11-20(27)22(28)29)16-6-2-3-7-17(16)24/h2-9,18,20H,10-15H2,1H3,(H,28,29)/t18-,20+/m1/s1. The van der Waals surface area contributed by atoms with Crippen molar-refractivity contribution in [3.05, 3.63) is 59.1 Å². The first kappa shape index (κ1) is 21.3. The van der Waals surface area contributed by atoms with Crippen LogP contribution in [0.1, 0.15) is 24.4 Å². The van der Waals surface area contributed by atoms with Gasteiger partial charge in [-0.25, -0.2) is 9.59 Å². The third-order valence-corrected chi connectivity index (χ3v) is 6.48. The number of halogens is 1. The van der Waals surface area contributed by atoms with Crippen LogP contribution in [0.25, 0.3) is 0 Å². The van der Waals surface area contributed by atoms with Gasteiger partial charge in [-0.05, 0) is 36.6 Å². The summed E-state index contributed by atoms with van der Waals surface area (Å²) in [5.41, 5.74) is 1.80. The van der Waals surface area contributed by atoms with E-state index < -0.39 is 12.0 Å². The van der Waals surface area contributed by atoms with Crippen molar-refractivity contribution >= 4 is 29.3 Å². The number of methoxy groups -OCH3 is 1. The number of benzene rings is 2. The van der Waals surface area contributed by atoms with Crippen LogP contribution in [0.2, 0.25) is 5.02 Å². The predicted molar refractivity (Wildman–Crippen MR) is 119 cm³/mol. The molecule has 2 aromatic carbocycles. The third-order valence-electron chi connectivity index (χ3n) is 6.13. The van der Waals surface area contributed by atoms with Crippen LogP contribution in [-0.4, -0.2) is 66.2 Å². The van der Waals surface area contributed by atoms with Crippen LogP contribution in [0.15, 0.2) is 48.5 Å². The molecule has 1 N–H and O–H groups in total. The van der Waals surface area contributed by atoms with Crippen LogP contribution >= 0.6 is 11.6 Å². The fourth-order valence-corrected chi connectivity index (χ4v) is 4.83. The van der Waals surface area contributed by atoms with E-state index in [4.69, 9.17) is 16.3 Å². The lowest BCUT2D eigenvalue weighted by molar-refractivity contribution is -0.141. The van der Waals surface area contributed by atoms with Crippen molar-refractivity contribution in [3.8, 4) is 5.75 Å². The molecule has 7 nitrogen and oxygen atoms in total. The molecule has 0 unspecified atom stereocenters. The maximum absolute atomic E-state index is 13.5. The molecule has 0 spiro atoms. The lowest BCUT2D eigenvalue weighted by atomic mass is 10.0. The van der Waals surface area contributed by atoms with E-state index in [-0.39, 0.29) is 12.1 Å². The van der Waals surface area contributed by atoms with Crippen molar-refractivity contribution in [2.75, 3.05) is 38.2 Å². The number of hydrogen-bond donors (Lipinski definition) is 1. The second-order valence-electron chi connectivity index (χ2n) is 7.80. The van der Waals surface area contributed by atoms with Crippen LogP contribution < -0.4 is 9.64 Å². The minimum atomic E-state index is -0.976. The molecule has 164 valence electrons. The Bertz CT molecular complexity index is 961. The SMILES string of the molecule is COc1ccccc1N1CCN(C(=O)N2[C@@H](c3ccccc3Cl)CC[C@H]2C(=O)O)CC1. The molecule has 0 bridgehead atoms. The number of nitrogens with zero attached hydrogens (tertiary/aromatic N) is 3. The Morgan fingerprint density at radius 1 is 1.00 bits per heavy atom. The van der Waals surface area contributed by atoms with Gasteiger partial charge in [-0.3, -0.25) is 0 Å². The molecule has 0 radical (unpaired) electrons. The van der Waals surface area contributed by atoms with E-state index in [2.05, 4.69) is 4.90 Å². The molecule has 2 saturated heterocycles. The van der Waals surface area contributed by atoms with Crippen LogP contribution in [0.3, 0.4) is 0 Å². The highest BCUT2D eigenvalue weighted by Crippen LogP contribution is 2.40. The summed E-state index contributed by atoms with van der Waals surface area (Å²) in [7, 11) is 1.65. The lowest BCUT2D eigenvalue weighted by Gasteiger charge is -2.40. The molecule has 8 heteroatoms. The molecule has 2 atom stereocenters. The number of hydrogen-bond acceptors (Lipinski definition) is 4. The first-order chi connectivity index (χ1) is 15.0. The van der Waals surface area contributed by atoms with Crippen molar-refractivity contribution in [3.63, 3.8) is 0 Å². The molecule has 2 amide bonds. The molecule has 2 heterocycles. The fraction of sp³-hybridized carbons (Fsp3) is 0.391. The maximum atomic E-state index is 13.5. The number of amides is 2. The number of carbonyl (C=O) groups excluding carboxylic acids is 1. The van der Waals surface area contributed by atoms with Crippen molar-refractivity contribution < 1.29 is 19.4 Å². The van der Waals surface area contributed by atoms with Crippen LogP contribution in [0, 0.1) is 0 Å². The maximum Gasteiger partial charge on any atom is 0.326 e. The topological polar surface area (TPSA) is 73.3 Å². The van der Waals surface area contributed by atoms with E-state index in [1.165, 1.54) is 4.90 Å². The minimum Gasteiger partial charge on any atom is -0.495 e. The van der Waals surface area contributed by atoms with Crippen LogP contribution in [0.5, 0.6) is 5.75 Å². The minimum absolute atomic E-state index is 0.241. The predicted octanol–water partition coefficient (Wildman–Crippen LogP) is 3.88. The van der Waals surface area contributed by atoms with Crippen LogP contribution in [-0.2, 0) is 4.79 Å². The number of anilines is 1. The quantitative estimate of drug-likeness (QED) is 0.776. The Morgan fingerprint density at radius 2 is 1.68 bits per heavy atom. The zero-order chi connectivity index (χ0) is 22.0. The highest BCUT2D eigenvalue weighted by Gasteiger charge is 2.44. The monoisotopic (exact) mass is 443 g/mol. The summed E-state index contributed by atoms with van der Waals surface area (Å²) >= 11 is 6.39. The lowest BCUT2D eigenvalue weighted by Crippen LogP contribution is -2.55. The summed E-state index contributed by atoms with van der Waals surface area (Å²) in [5, 5.41) is 10.3. The van der Waals surface area contributed by atoms with Gasteiger partial charge >= 0.3 is 12.0 Å². The van der Waals surface area contributed by atoms with Crippen molar-refractivity contribution in [2.45, 2.75) is 24.9 Å². The van der Waals surface area contributed by atoms with Gasteiger partial charge in [0.2, 0.25) is 0 Å². The zero-order valence-corrected chi connectivity index (χ0v) is 18.2. The van der Waals surface area contributed by atoms with Gasteiger partial charge in [0.15, 0.2) is 0 Å². The molecular weight excluding hydrogens is 418 g/mol. The molecule has 31 heavy (non-hydrogen) atoms. The van der Waals surface area contributed by atoms with Gasteiger partial charge in [-0.2, -0.15) is 0 Å². The Balaban J connectivity index is 1.52. The molecule has 2 fully saturated rings. The summed E-state index contributed by atoms with van der Waals surface area (Å²) in [5.74, 6) is -0.179. The smallest absolute Gasteiger partial charge is 0.326 e. The molecular formula is C23H26ClN3O4. The molecule has 0 saturated carbocycles. The second-order valence-corrected chi connectivity index (χ2v) is 8.21. The Labute approximate surface area is 186 Å². The van der Waals surface area contributed by atoms with E-state index in [0.717, 1.165) is 17.0 Å². The number of ether oxygens (including phenoxy) is 1. The van der Waals surface area contributed by atoms with Gasteiger partial charge in [-0.1, -0.05) is 41.9 Å². The van der Waals surface area contributed by atoms with E-state index in [1.54, 1.807) is 18.1 Å². The van der Waals surface area contributed by atoms with Gasteiger partial charge < -0.3 is 24.5 Å². The average molecular weight is 444 g/mol. The number of para-hydroxylation sites is 2. The van der Waals surface area contributed by atoms with E-state index in [1.807, 2.05) is 42.5 Å². The molecule has 4 rings (SSSR count). The average Bonchev–Trinajstić information content (AvgIpc) is 3.24. The number of carboxylic acids is 1. The van der Waals surface area contributed by atoms with Gasteiger partial charge in [0.1, 0.15) is 11.8 Å². The number of piperazine rings is 1. The van der Waals surface area contributed by atoms with Gasteiger partial charge in [0.25, 0.3) is 0 Å². The summed E-state index contributed by atoms with van der Waals surface area (Å²) in [6, 6.07) is 13.7. The Morgan fingerprint density at radius 3 is 2.35 bits per heavy atom. The molecule has 0 aliphatic carbocycles. The van der Waals surface area contributed by atoms with E-state index in [9.17, 15) is 14.7 Å². The van der Waals surface area contributed by atoms with Crippen molar-refractivity contribution in [2.24, 2.45) is 0 Å². The molecule has 2 aliphatic heterocycles. The van der Waals surface area contributed by atoms with Crippen molar-refractivity contribution in [1.29, 1.82) is 0 Å². The normalized spacial score (nSPS) is 21.3. The largest absolute Gasteiger partial charge is 0.495 e. The third kappa shape index (κ3) is 4.14. The fourth-order valence-electron chi connectivity index (χ4n) is 4.56. The van der Waals surface area contributed by atoms with Gasteiger partial charge in [-0.15, -0.1) is 0 Å². The first-order valence-electron chi connectivity index (χ1n) is 10.4. The summed E-state index contributed by atoms with van der Waals surface area (Å²) in [4.78, 5) is 30.8. The van der Waals surface area contributed by atoms with E-state index in [0.29, 0.717) is 44.0 Å². The summed E-state index contributed by atoms with van der Waals surface area (Å²) < 4.78 is 5.46. The number of carbonyl (C=O) groups is 2.